The van der Waals surface area contributed by atoms with Crippen LogP contribution >= 0.6 is 34.3 Å². The average molecular weight is 472 g/mol. The zero-order valence-corrected chi connectivity index (χ0v) is 19.1. The minimum Gasteiger partial charge on any atom is -0.351 e. The lowest BCUT2D eigenvalue weighted by Crippen LogP contribution is -2.17. The van der Waals surface area contributed by atoms with Gasteiger partial charge in [0.2, 0.25) is 5.91 Å². The Morgan fingerprint density at radius 2 is 1.90 bits per heavy atom. The molecule has 31 heavy (non-hydrogen) atoms. The second-order valence-electron chi connectivity index (χ2n) is 6.70. The molecular formula is C21H18ClN5O2S2. The Morgan fingerprint density at radius 3 is 2.65 bits per heavy atom. The quantitative estimate of drug-likeness (QED) is 0.418. The molecule has 1 aromatic carbocycles. The number of benzene rings is 1. The van der Waals surface area contributed by atoms with Crippen LogP contribution in [0.4, 0.5) is 5.13 Å². The molecule has 0 saturated carbocycles. The Morgan fingerprint density at radius 1 is 1.13 bits per heavy atom. The first kappa shape index (κ1) is 21.2. The van der Waals surface area contributed by atoms with E-state index in [9.17, 15) is 9.59 Å². The van der Waals surface area contributed by atoms with E-state index in [1.807, 2.05) is 31.2 Å². The van der Waals surface area contributed by atoms with Crippen LogP contribution < -0.4 is 10.6 Å². The van der Waals surface area contributed by atoms with Gasteiger partial charge in [0.25, 0.3) is 5.91 Å². The Kier molecular flexibility index (Phi) is 6.17. The van der Waals surface area contributed by atoms with Crippen LogP contribution in [0.1, 0.15) is 27.0 Å². The Labute approximate surface area is 191 Å². The first-order valence-corrected chi connectivity index (χ1v) is 11.3. The van der Waals surface area contributed by atoms with Crippen LogP contribution in [0.15, 0.2) is 48.8 Å². The van der Waals surface area contributed by atoms with Crippen molar-refractivity contribution in [1.82, 2.24) is 20.1 Å². The molecule has 4 rings (SSSR count). The van der Waals surface area contributed by atoms with Crippen LogP contribution in [-0.4, -0.2) is 26.6 Å². The van der Waals surface area contributed by atoms with Gasteiger partial charge >= 0.3 is 0 Å². The zero-order chi connectivity index (χ0) is 22.0. The molecule has 10 heteroatoms. The maximum atomic E-state index is 12.7. The first-order chi connectivity index (χ1) is 14.9. The number of carbonyl (C=O) groups is 2. The van der Waals surface area contributed by atoms with E-state index in [1.54, 1.807) is 34.3 Å². The van der Waals surface area contributed by atoms with Crippen LogP contribution in [0.5, 0.6) is 0 Å². The van der Waals surface area contributed by atoms with E-state index < -0.39 is 0 Å². The molecule has 0 radical (unpaired) electrons. The molecule has 4 aromatic rings. The Bertz CT molecular complexity index is 1240. The van der Waals surface area contributed by atoms with Crippen LogP contribution in [-0.2, 0) is 11.3 Å². The van der Waals surface area contributed by atoms with E-state index in [1.165, 1.54) is 24.5 Å². The molecule has 0 aliphatic rings. The molecule has 158 valence electrons. The lowest BCUT2D eigenvalue weighted by atomic mass is 10.3. The van der Waals surface area contributed by atoms with Gasteiger partial charge < -0.3 is 5.32 Å². The summed E-state index contributed by atoms with van der Waals surface area (Å²) in [5.74, 6) is -0.345. The molecule has 3 heterocycles. The molecule has 0 aliphatic carbocycles. The van der Waals surface area contributed by atoms with Gasteiger partial charge in [-0.1, -0.05) is 11.6 Å². The highest BCUT2D eigenvalue weighted by Gasteiger charge is 2.16. The van der Waals surface area contributed by atoms with Crippen molar-refractivity contribution in [2.24, 2.45) is 0 Å². The molecule has 0 atom stereocenters. The van der Waals surface area contributed by atoms with Gasteiger partial charge in [-0.05, 0) is 43.3 Å². The number of amides is 2. The number of nitrogens with zero attached hydrogens (tertiary/aromatic N) is 3. The van der Waals surface area contributed by atoms with Crippen molar-refractivity contribution in [1.29, 1.82) is 0 Å². The van der Waals surface area contributed by atoms with Crippen molar-refractivity contribution in [2.75, 3.05) is 5.32 Å². The third-order valence-electron chi connectivity index (χ3n) is 4.36. The Balaban J connectivity index is 1.46. The smallest absolute Gasteiger partial charge is 0.260 e. The second kappa shape index (κ2) is 9.01. The van der Waals surface area contributed by atoms with Gasteiger partial charge in [-0.3, -0.25) is 14.9 Å². The predicted molar refractivity (Wildman–Crippen MR) is 124 cm³/mol. The number of halogens is 1. The fraction of sp³-hybridized carbons (Fsp3) is 0.143. The summed E-state index contributed by atoms with van der Waals surface area (Å²) in [4.78, 5) is 31.4. The lowest BCUT2D eigenvalue weighted by molar-refractivity contribution is -0.119. The summed E-state index contributed by atoms with van der Waals surface area (Å²) in [6.45, 7) is 3.95. The number of hydrogen-bond acceptors (Lipinski definition) is 6. The average Bonchev–Trinajstić information content (AvgIpc) is 3.46. The van der Waals surface area contributed by atoms with Crippen LogP contribution in [0, 0.1) is 6.92 Å². The van der Waals surface area contributed by atoms with Gasteiger partial charge in [0, 0.05) is 27.9 Å². The van der Waals surface area contributed by atoms with Gasteiger partial charge in [0.15, 0.2) is 5.13 Å². The number of thiophene rings is 1. The van der Waals surface area contributed by atoms with Gasteiger partial charge in [-0.2, -0.15) is 5.10 Å². The van der Waals surface area contributed by atoms with Crippen molar-refractivity contribution < 1.29 is 9.59 Å². The summed E-state index contributed by atoms with van der Waals surface area (Å²) >= 11 is 8.90. The monoisotopic (exact) mass is 471 g/mol. The summed E-state index contributed by atoms with van der Waals surface area (Å²) < 4.78 is 1.62. The summed E-state index contributed by atoms with van der Waals surface area (Å²) in [6, 6.07) is 11.1. The molecular weight excluding hydrogens is 454 g/mol. The fourth-order valence-corrected chi connectivity index (χ4v) is 4.84. The van der Waals surface area contributed by atoms with Crippen molar-refractivity contribution in [3.05, 3.63) is 69.1 Å². The van der Waals surface area contributed by atoms with Crippen molar-refractivity contribution in [3.63, 3.8) is 0 Å². The van der Waals surface area contributed by atoms with Crippen LogP contribution in [0.2, 0.25) is 5.02 Å². The summed E-state index contributed by atoms with van der Waals surface area (Å²) in [6.07, 6.45) is 3.17. The molecule has 0 aliphatic heterocycles. The van der Waals surface area contributed by atoms with Crippen molar-refractivity contribution in [2.45, 2.75) is 20.4 Å². The van der Waals surface area contributed by atoms with Gasteiger partial charge in [-0.15, -0.1) is 22.7 Å². The topological polar surface area (TPSA) is 88.9 Å². The third-order valence-corrected chi connectivity index (χ3v) is 6.59. The van der Waals surface area contributed by atoms with E-state index >= 15 is 0 Å². The predicted octanol–water partition coefficient (Wildman–Crippen LogP) is 4.91. The van der Waals surface area contributed by atoms with Crippen molar-refractivity contribution in [3.8, 4) is 16.3 Å². The molecule has 0 saturated heterocycles. The van der Waals surface area contributed by atoms with Crippen molar-refractivity contribution >= 4 is 51.2 Å². The van der Waals surface area contributed by atoms with E-state index in [0.717, 1.165) is 26.0 Å². The number of thiazole rings is 1. The second-order valence-corrected chi connectivity index (χ2v) is 9.51. The van der Waals surface area contributed by atoms with Gasteiger partial charge in [0.1, 0.15) is 0 Å². The summed E-state index contributed by atoms with van der Waals surface area (Å²) in [5.41, 5.74) is 2.07. The van der Waals surface area contributed by atoms with Gasteiger partial charge in [-0.25, -0.2) is 9.67 Å². The number of rotatable bonds is 6. The maximum absolute atomic E-state index is 12.7. The minimum absolute atomic E-state index is 0.0656. The number of hydrogen-bond donors (Lipinski definition) is 2. The summed E-state index contributed by atoms with van der Waals surface area (Å²) in [7, 11) is 0. The van der Waals surface area contributed by atoms with Crippen LogP contribution in [0.25, 0.3) is 16.3 Å². The highest BCUT2D eigenvalue weighted by atomic mass is 35.5. The SMILES string of the molecule is CC(=O)NCc1ccc(-c2nc(NC(=O)c3cnn(-c4ccc(Cl)cc4)c3)sc2C)s1. The molecule has 3 aromatic heterocycles. The highest BCUT2D eigenvalue weighted by Crippen LogP contribution is 2.34. The van der Waals surface area contributed by atoms with E-state index in [0.29, 0.717) is 22.3 Å². The molecule has 0 fully saturated rings. The number of aryl methyl sites for hydroxylation is 1. The minimum atomic E-state index is -0.280. The molecule has 0 bridgehead atoms. The van der Waals surface area contributed by atoms with Crippen LogP contribution in [0.3, 0.4) is 0 Å². The Hall–Kier alpha value is -3.01. The summed E-state index contributed by atoms with van der Waals surface area (Å²) in [5, 5.41) is 11.0. The third kappa shape index (κ3) is 5.01. The van der Waals surface area contributed by atoms with E-state index in [2.05, 4.69) is 20.7 Å². The zero-order valence-electron chi connectivity index (χ0n) is 16.7. The molecule has 2 amide bonds. The standard InChI is InChI=1S/C21H18ClN5O2S2/c1-12-19(18-8-7-17(31-18)10-23-13(2)28)25-21(30-12)26-20(29)14-9-24-27(11-14)16-5-3-15(22)4-6-16/h3-9,11H,10H2,1-2H3,(H,23,28)(H,25,26,29). The number of aromatic nitrogens is 3. The molecule has 0 spiro atoms. The van der Waals surface area contributed by atoms with Gasteiger partial charge in [0.05, 0.1) is 34.6 Å². The fourth-order valence-electron chi connectivity index (χ4n) is 2.83. The maximum Gasteiger partial charge on any atom is 0.260 e. The largest absolute Gasteiger partial charge is 0.351 e. The number of anilines is 1. The number of nitrogens with one attached hydrogen (secondary N) is 2. The van der Waals surface area contributed by atoms with E-state index in [4.69, 9.17) is 11.6 Å². The number of carbonyl (C=O) groups excluding carboxylic acids is 2. The van der Waals surface area contributed by atoms with E-state index in [-0.39, 0.29) is 11.8 Å². The highest BCUT2D eigenvalue weighted by molar-refractivity contribution is 7.18. The molecule has 7 nitrogen and oxygen atoms in total. The lowest BCUT2D eigenvalue weighted by Gasteiger charge is -2.00. The molecule has 0 unspecified atom stereocenters. The molecule has 2 N–H and O–H groups in total. The normalized spacial score (nSPS) is 10.8. The first-order valence-electron chi connectivity index (χ1n) is 9.32.